The Morgan fingerprint density at radius 2 is 2.21 bits per heavy atom. The molecule has 0 bridgehead atoms. The smallest absolute Gasteiger partial charge is 0.135 e. The first-order valence-electron chi connectivity index (χ1n) is 3.68. The fourth-order valence-corrected chi connectivity index (χ4v) is 1.39. The Morgan fingerprint density at radius 3 is 2.79 bits per heavy atom. The predicted octanol–water partition coefficient (Wildman–Crippen LogP) is 4.09. The molecule has 0 spiro atoms. The van der Waals surface area contributed by atoms with Crippen molar-refractivity contribution in [1.82, 2.24) is 0 Å². The lowest BCUT2D eigenvalue weighted by Crippen LogP contribution is -2.06. The number of azide groups is 1. The van der Waals surface area contributed by atoms with Crippen molar-refractivity contribution in [2.75, 3.05) is 0 Å². The van der Waals surface area contributed by atoms with Crippen LogP contribution < -0.4 is 0 Å². The second-order valence-electron chi connectivity index (χ2n) is 2.86. The van der Waals surface area contributed by atoms with E-state index < -0.39 is 20.8 Å². The van der Waals surface area contributed by atoms with Gasteiger partial charge in [-0.2, -0.15) is 0 Å². The van der Waals surface area contributed by atoms with Crippen molar-refractivity contribution in [1.29, 1.82) is 0 Å². The quantitative estimate of drug-likeness (QED) is 0.230. The van der Waals surface area contributed by atoms with Crippen LogP contribution in [0.4, 0.5) is 8.78 Å². The van der Waals surface area contributed by atoms with E-state index in [9.17, 15) is 8.78 Å². The van der Waals surface area contributed by atoms with Crippen LogP contribution in [0.3, 0.4) is 0 Å². The number of alkyl halides is 1. The van der Waals surface area contributed by atoms with Crippen molar-refractivity contribution < 1.29 is 8.78 Å². The van der Waals surface area contributed by atoms with E-state index in [1.54, 1.807) is 6.92 Å². The summed E-state index contributed by atoms with van der Waals surface area (Å²) in [6, 6.07) is 0. The van der Waals surface area contributed by atoms with E-state index >= 15 is 0 Å². The Kier molecular flexibility index (Phi) is 3.28. The topological polar surface area (TPSA) is 48.8 Å². The number of hydrogen-bond donors (Lipinski definition) is 0. The largest absolute Gasteiger partial charge is 0.207 e. The molecule has 0 saturated carbocycles. The van der Waals surface area contributed by atoms with Crippen LogP contribution in [0.5, 0.6) is 0 Å². The molecule has 3 nitrogen and oxygen atoms in total. The maximum Gasteiger partial charge on any atom is 0.135 e. The molecule has 0 fully saturated rings. The molecule has 1 aliphatic carbocycles. The Bertz CT molecular complexity index is 389. The number of nitrogens with zero attached hydrogens (tertiary/aromatic N) is 3. The molecule has 0 amide bonds. The standard InChI is InChI=1S/C8H6F2IN3/c1-8(11)3-2-5(9)7(13-14-12)6(10)4-8/h2-4H,1H3. The Hall–Kier alpha value is -0.880. The van der Waals surface area contributed by atoms with Crippen molar-refractivity contribution in [2.45, 2.75) is 10.3 Å². The maximum atomic E-state index is 13.3. The van der Waals surface area contributed by atoms with Crippen LogP contribution in [0.1, 0.15) is 6.92 Å². The molecule has 1 aliphatic rings. The van der Waals surface area contributed by atoms with Crippen LogP contribution in [0, 0.1) is 0 Å². The second kappa shape index (κ2) is 4.10. The highest BCUT2D eigenvalue weighted by atomic mass is 127. The number of halogens is 3. The number of rotatable bonds is 1. The molecule has 0 heterocycles. The molecule has 0 aromatic heterocycles. The first kappa shape index (κ1) is 11.2. The van der Waals surface area contributed by atoms with E-state index in [0.717, 1.165) is 6.08 Å². The van der Waals surface area contributed by atoms with E-state index in [1.807, 2.05) is 22.6 Å². The molecule has 0 radical (unpaired) electrons. The summed E-state index contributed by atoms with van der Waals surface area (Å²) in [5.41, 5.74) is 7.52. The highest BCUT2D eigenvalue weighted by Crippen LogP contribution is 2.32. The average molecular weight is 309 g/mol. The summed E-state index contributed by atoms with van der Waals surface area (Å²) in [6.07, 6.45) is 3.78. The second-order valence-corrected chi connectivity index (χ2v) is 5.19. The van der Waals surface area contributed by atoms with Crippen molar-refractivity contribution in [3.63, 3.8) is 0 Å². The van der Waals surface area contributed by atoms with Crippen LogP contribution >= 0.6 is 22.6 Å². The lowest BCUT2D eigenvalue weighted by molar-refractivity contribution is 0.606. The zero-order valence-electron chi connectivity index (χ0n) is 7.21. The molecule has 0 saturated heterocycles. The summed E-state index contributed by atoms with van der Waals surface area (Å²) in [7, 11) is 0. The van der Waals surface area contributed by atoms with Crippen LogP contribution in [0.2, 0.25) is 0 Å². The van der Waals surface area contributed by atoms with Crippen molar-refractivity contribution in [3.05, 3.63) is 46.0 Å². The van der Waals surface area contributed by atoms with Crippen molar-refractivity contribution in [2.24, 2.45) is 5.11 Å². The Labute approximate surface area is 92.9 Å². The van der Waals surface area contributed by atoms with Gasteiger partial charge in [-0.1, -0.05) is 33.8 Å². The van der Waals surface area contributed by atoms with Gasteiger partial charge in [0.2, 0.25) is 0 Å². The van der Waals surface area contributed by atoms with Crippen molar-refractivity contribution >= 4 is 22.6 Å². The minimum atomic E-state index is -0.864. The molecule has 0 N–H and O–H groups in total. The van der Waals surface area contributed by atoms with E-state index in [1.165, 1.54) is 12.2 Å². The SMILES string of the molecule is CC1(I)C=CC(F)=C(N=[N+]=[N-])C(F)=C1. The van der Waals surface area contributed by atoms with Crippen LogP contribution in [-0.4, -0.2) is 3.42 Å². The molecule has 0 aromatic rings. The Balaban J connectivity index is 3.29. The first-order chi connectivity index (χ1) is 6.46. The van der Waals surface area contributed by atoms with E-state index in [2.05, 4.69) is 10.0 Å². The zero-order valence-corrected chi connectivity index (χ0v) is 9.37. The van der Waals surface area contributed by atoms with E-state index in [4.69, 9.17) is 5.53 Å². The maximum absolute atomic E-state index is 13.3. The summed E-state index contributed by atoms with van der Waals surface area (Å²) in [6.45, 7) is 1.70. The molecule has 1 rings (SSSR count). The highest BCUT2D eigenvalue weighted by molar-refractivity contribution is 14.1. The van der Waals surface area contributed by atoms with Gasteiger partial charge in [0.25, 0.3) is 0 Å². The third kappa shape index (κ3) is 2.55. The lowest BCUT2D eigenvalue weighted by Gasteiger charge is -2.10. The molecular weight excluding hydrogens is 303 g/mol. The van der Waals surface area contributed by atoms with Gasteiger partial charge in [-0.15, -0.1) is 0 Å². The molecule has 14 heavy (non-hydrogen) atoms. The van der Waals surface area contributed by atoms with E-state index in [-0.39, 0.29) is 0 Å². The van der Waals surface area contributed by atoms with E-state index in [0.29, 0.717) is 0 Å². The normalized spacial score (nSPS) is 26.7. The highest BCUT2D eigenvalue weighted by Gasteiger charge is 2.21. The molecule has 74 valence electrons. The van der Waals surface area contributed by atoms with Gasteiger partial charge in [0.05, 0.1) is 3.42 Å². The van der Waals surface area contributed by atoms with Gasteiger partial charge in [-0.25, -0.2) is 8.78 Å². The lowest BCUT2D eigenvalue weighted by atomic mass is 10.1. The van der Waals surface area contributed by atoms with Gasteiger partial charge < -0.3 is 0 Å². The van der Waals surface area contributed by atoms with Gasteiger partial charge >= 0.3 is 0 Å². The third-order valence-electron chi connectivity index (χ3n) is 1.56. The van der Waals surface area contributed by atoms with Crippen LogP contribution in [-0.2, 0) is 0 Å². The van der Waals surface area contributed by atoms with Gasteiger partial charge in [0, 0.05) is 4.91 Å². The summed E-state index contributed by atoms with van der Waals surface area (Å²) < 4.78 is 25.8. The Morgan fingerprint density at radius 1 is 1.57 bits per heavy atom. The monoisotopic (exact) mass is 309 g/mol. The van der Waals surface area contributed by atoms with Crippen molar-refractivity contribution in [3.8, 4) is 0 Å². The molecule has 0 aliphatic heterocycles. The number of hydrogen-bond acceptors (Lipinski definition) is 1. The van der Waals surface area contributed by atoms with Gasteiger partial charge in [-0.3, -0.25) is 0 Å². The summed E-state index contributed by atoms with van der Waals surface area (Å²) in [4.78, 5) is 2.36. The summed E-state index contributed by atoms with van der Waals surface area (Å²) >= 11 is 1.95. The van der Waals surface area contributed by atoms with Crippen LogP contribution in [0.25, 0.3) is 10.4 Å². The van der Waals surface area contributed by atoms with Gasteiger partial charge in [-0.05, 0) is 24.6 Å². The first-order valence-corrected chi connectivity index (χ1v) is 4.76. The molecule has 1 unspecified atom stereocenters. The van der Waals surface area contributed by atoms with Crippen LogP contribution in [0.15, 0.2) is 40.7 Å². The molecular formula is C8H6F2IN3. The number of allylic oxidation sites excluding steroid dienone is 5. The third-order valence-corrected chi connectivity index (χ3v) is 2.23. The summed E-state index contributed by atoms with van der Waals surface area (Å²) in [5, 5.41) is 2.96. The minimum Gasteiger partial charge on any atom is -0.207 e. The zero-order chi connectivity index (χ0) is 10.8. The van der Waals surface area contributed by atoms with Gasteiger partial charge in [0.15, 0.2) is 0 Å². The summed E-state index contributed by atoms with van der Waals surface area (Å²) in [5.74, 6) is -1.71. The predicted molar refractivity (Wildman–Crippen MR) is 58.0 cm³/mol. The molecule has 6 heteroatoms. The molecule has 1 atom stereocenters. The van der Waals surface area contributed by atoms with Gasteiger partial charge in [0.1, 0.15) is 17.4 Å². The average Bonchev–Trinajstić information content (AvgIpc) is 2.16. The minimum absolute atomic E-state index is 0.593. The fraction of sp³-hybridized carbons (Fsp3) is 0.250. The molecule has 0 aromatic carbocycles. The fourth-order valence-electron chi connectivity index (χ4n) is 0.934.